The molecule has 4 heterocycles. The Hall–Kier alpha value is -4.67. The lowest BCUT2D eigenvalue weighted by atomic mass is 10.0. The normalized spacial score (nSPS) is 20.9. The number of nitrogens with one attached hydrogen (secondary N) is 2. The molecule has 232 valence electrons. The van der Waals surface area contributed by atoms with Crippen LogP contribution < -0.4 is 29.6 Å². The third-order valence-electron chi connectivity index (χ3n) is 8.37. The zero-order valence-corrected chi connectivity index (χ0v) is 25.0. The Morgan fingerprint density at radius 3 is 2.59 bits per heavy atom. The topological polar surface area (TPSA) is 120 Å². The quantitative estimate of drug-likeness (QED) is 0.471. The summed E-state index contributed by atoms with van der Waals surface area (Å²) in [6.07, 6.45) is 4.98. The molecule has 44 heavy (non-hydrogen) atoms. The fraction of sp³-hybridized carbons (Fsp3) is 0.424. The minimum absolute atomic E-state index is 0.0593. The van der Waals surface area contributed by atoms with E-state index < -0.39 is 12.1 Å². The number of likely N-dealkylation sites (tertiary alicyclic amines) is 1. The summed E-state index contributed by atoms with van der Waals surface area (Å²) in [4.78, 5) is 41.3. The number of amides is 3. The summed E-state index contributed by atoms with van der Waals surface area (Å²) in [5.74, 6) is 1.54. The highest BCUT2D eigenvalue weighted by Crippen LogP contribution is 2.36. The van der Waals surface area contributed by atoms with Gasteiger partial charge in [-0.1, -0.05) is 6.07 Å². The van der Waals surface area contributed by atoms with E-state index >= 15 is 0 Å². The van der Waals surface area contributed by atoms with Crippen molar-refractivity contribution in [1.82, 2.24) is 20.1 Å². The van der Waals surface area contributed by atoms with Crippen molar-refractivity contribution in [3.8, 4) is 23.0 Å². The number of fused-ring (bicyclic) bond motifs is 9. The summed E-state index contributed by atoms with van der Waals surface area (Å²) in [6, 6.07) is 14.6. The molecule has 0 radical (unpaired) electrons. The number of aryl methyl sites for hydroxylation is 1. The van der Waals surface area contributed by atoms with Crippen molar-refractivity contribution in [2.75, 3.05) is 33.9 Å². The van der Waals surface area contributed by atoms with E-state index in [2.05, 4.69) is 15.2 Å². The number of hydrogen-bond donors (Lipinski definition) is 2. The Bertz CT molecular complexity index is 1530. The molecule has 0 spiro atoms. The number of hydrogen-bond acceptors (Lipinski definition) is 7. The van der Waals surface area contributed by atoms with Gasteiger partial charge in [-0.25, -0.2) is 0 Å². The number of carbonyl (C=O) groups is 3. The smallest absolute Gasteiger partial charge is 0.270 e. The van der Waals surface area contributed by atoms with E-state index in [0.717, 1.165) is 24.0 Å². The predicted molar refractivity (Wildman–Crippen MR) is 161 cm³/mol. The number of aromatic nitrogens is 1. The highest BCUT2D eigenvalue weighted by Gasteiger charge is 2.36. The molecule has 3 aliphatic heterocycles. The summed E-state index contributed by atoms with van der Waals surface area (Å²) in [6.45, 7) is 0.810. The lowest BCUT2D eigenvalue weighted by Gasteiger charge is -2.39. The molecule has 2 aromatic carbocycles. The first kappa shape index (κ1) is 29.4. The number of methoxy groups -OCH3 is 2. The number of piperidine rings is 1. The molecule has 2 N–H and O–H groups in total. The second-order valence-corrected chi connectivity index (χ2v) is 11.4. The summed E-state index contributed by atoms with van der Waals surface area (Å²) < 4.78 is 25.4. The Morgan fingerprint density at radius 1 is 0.955 bits per heavy atom. The number of ether oxygens (including phenoxy) is 4. The van der Waals surface area contributed by atoms with E-state index in [1.807, 2.05) is 36.5 Å². The van der Waals surface area contributed by atoms with Gasteiger partial charge in [0, 0.05) is 56.3 Å². The van der Waals surface area contributed by atoms with Gasteiger partial charge < -0.3 is 39.0 Å². The second kappa shape index (κ2) is 12.9. The standard InChI is InChI=1S/C33H38N4O7/c1-41-28-11-5-21-6-12-31(38)34-18-22-7-10-24(17-29(22)42-2)44-27-13-15-36(19-25(27)35-32(39)20-43-30(28)16-21)33(40)26-4-3-14-37(26)23-8-9-23/h3-5,7,10-11,14,16-17,23,25,27H,6,8-9,12-13,15,18-20H2,1-2H3,(H,34,38)(H,35,39)/t25-,27+/m1/s1. The van der Waals surface area contributed by atoms with Crippen molar-refractivity contribution < 1.29 is 33.3 Å². The van der Waals surface area contributed by atoms with E-state index in [0.29, 0.717) is 60.7 Å². The van der Waals surface area contributed by atoms with Crippen molar-refractivity contribution in [1.29, 1.82) is 0 Å². The van der Waals surface area contributed by atoms with Crippen molar-refractivity contribution in [2.45, 2.75) is 56.8 Å². The molecule has 4 aliphatic rings. The summed E-state index contributed by atoms with van der Waals surface area (Å²) in [5.41, 5.74) is 2.36. The van der Waals surface area contributed by atoms with Crippen molar-refractivity contribution in [3.63, 3.8) is 0 Å². The Morgan fingerprint density at radius 2 is 1.80 bits per heavy atom. The fourth-order valence-electron chi connectivity index (χ4n) is 5.84. The van der Waals surface area contributed by atoms with Crippen LogP contribution in [0.25, 0.3) is 0 Å². The third kappa shape index (κ3) is 6.61. The highest BCUT2D eigenvalue weighted by atomic mass is 16.5. The van der Waals surface area contributed by atoms with Crippen LogP contribution in [-0.4, -0.2) is 73.3 Å². The lowest BCUT2D eigenvalue weighted by Crippen LogP contribution is -2.58. The van der Waals surface area contributed by atoms with Gasteiger partial charge in [0.2, 0.25) is 5.91 Å². The van der Waals surface area contributed by atoms with Gasteiger partial charge in [0.05, 0.1) is 20.3 Å². The lowest BCUT2D eigenvalue weighted by molar-refractivity contribution is -0.125. The molecule has 2 fully saturated rings. The van der Waals surface area contributed by atoms with Crippen LogP contribution in [0.4, 0.5) is 0 Å². The minimum atomic E-state index is -0.492. The molecule has 11 nitrogen and oxygen atoms in total. The van der Waals surface area contributed by atoms with Crippen LogP contribution >= 0.6 is 0 Å². The molecule has 0 unspecified atom stereocenters. The first-order valence-electron chi connectivity index (χ1n) is 15.1. The maximum atomic E-state index is 13.6. The van der Waals surface area contributed by atoms with Gasteiger partial charge in [-0.3, -0.25) is 14.4 Å². The molecule has 4 bridgehead atoms. The first-order valence-corrected chi connectivity index (χ1v) is 15.1. The molecule has 1 saturated carbocycles. The van der Waals surface area contributed by atoms with Gasteiger partial charge in [0.1, 0.15) is 23.3 Å². The van der Waals surface area contributed by atoms with Gasteiger partial charge in [-0.15, -0.1) is 0 Å². The minimum Gasteiger partial charge on any atom is -0.496 e. The monoisotopic (exact) mass is 602 g/mol. The number of benzene rings is 2. The summed E-state index contributed by atoms with van der Waals surface area (Å²) in [5, 5.41) is 6.03. The first-order chi connectivity index (χ1) is 21.4. The molecular weight excluding hydrogens is 564 g/mol. The van der Waals surface area contributed by atoms with Crippen LogP contribution in [0.2, 0.25) is 0 Å². The maximum absolute atomic E-state index is 13.6. The van der Waals surface area contributed by atoms with Crippen molar-refractivity contribution in [3.05, 3.63) is 71.5 Å². The molecule has 1 aromatic heterocycles. The molecule has 3 amide bonds. The zero-order valence-electron chi connectivity index (χ0n) is 25.0. The molecule has 11 heteroatoms. The largest absolute Gasteiger partial charge is 0.496 e. The number of nitrogens with zero attached hydrogens (tertiary/aromatic N) is 2. The van der Waals surface area contributed by atoms with Gasteiger partial charge in [-0.05, 0) is 61.2 Å². The Kier molecular flexibility index (Phi) is 8.63. The number of rotatable bonds is 4. The van der Waals surface area contributed by atoms with Gasteiger partial charge in [0.15, 0.2) is 18.1 Å². The molecule has 2 atom stereocenters. The molecule has 7 rings (SSSR count). The predicted octanol–water partition coefficient (Wildman–Crippen LogP) is 3.26. The molecular formula is C33H38N4O7. The molecule has 3 aromatic rings. The van der Waals surface area contributed by atoms with Crippen LogP contribution in [0.1, 0.15) is 53.3 Å². The van der Waals surface area contributed by atoms with Crippen LogP contribution in [0, 0.1) is 0 Å². The highest BCUT2D eigenvalue weighted by molar-refractivity contribution is 5.93. The van der Waals surface area contributed by atoms with E-state index in [9.17, 15) is 14.4 Å². The fourth-order valence-corrected chi connectivity index (χ4v) is 5.84. The van der Waals surface area contributed by atoms with E-state index in [1.165, 1.54) is 7.11 Å². The SMILES string of the molecule is COc1cc2ccc1CNC(=O)CCc1ccc(OC)c(c1)OCC(=O)N[C@@H]1CN(C(=O)c3cccn3C3CC3)CC[C@@H]1O2. The number of carbonyl (C=O) groups excluding carboxylic acids is 3. The molecule has 1 aliphatic carbocycles. The summed E-state index contributed by atoms with van der Waals surface area (Å²) in [7, 11) is 3.11. The van der Waals surface area contributed by atoms with E-state index in [4.69, 9.17) is 18.9 Å². The van der Waals surface area contributed by atoms with E-state index in [1.54, 1.807) is 30.2 Å². The van der Waals surface area contributed by atoms with Crippen LogP contribution in [0.3, 0.4) is 0 Å². The van der Waals surface area contributed by atoms with Gasteiger partial charge in [0.25, 0.3) is 11.8 Å². The third-order valence-corrected chi connectivity index (χ3v) is 8.37. The van der Waals surface area contributed by atoms with Crippen molar-refractivity contribution >= 4 is 17.7 Å². The maximum Gasteiger partial charge on any atom is 0.270 e. The van der Waals surface area contributed by atoms with Crippen LogP contribution in [0.5, 0.6) is 23.0 Å². The Balaban J connectivity index is 1.26. The molecule has 1 saturated heterocycles. The van der Waals surface area contributed by atoms with E-state index in [-0.39, 0.29) is 37.3 Å². The average molecular weight is 603 g/mol. The zero-order chi connectivity index (χ0) is 30.6. The van der Waals surface area contributed by atoms with Crippen LogP contribution in [0.15, 0.2) is 54.7 Å². The van der Waals surface area contributed by atoms with Gasteiger partial charge >= 0.3 is 0 Å². The average Bonchev–Trinajstić information content (AvgIpc) is 3.77. The second-order valence-electron chi connectivity index (χ2n) is 11.4. The van der Waals surface area contributed by atoms with Crippen molar-refractivity contribution in [2.24, 2.45) is 0 Å². The Labute approximate surface area is 256 Å². The van der Waals surface area contributed by atoms with Gasteiger partial charge in [-0.2, -0.15) is 0 Å². The van der Waals surface area contributed by atoms with Crippen LogP contribution in [-0.2, 0) is 22.6 Å². The summed E-state index contributed by atoms with van der Waals surface area (Å²) >= 11 is 0.